The van der Waals surface area contributed by atoms with E-state index in [9.17, 15) is 18.0 Å². The van der Waals surface area contributed by atoms with E-state index in [0.717, 1.165) is 0 Å². The SMILES string of the molecule is Cl.O=c1[nH]cccc1CNc1nccc(CCC(F)(F)F)n1. The Kier molecular flexibility index (Phi) is 6.36. The van der Waals surface area contributed by atoms with Gasteiger partial charge in [0.2, 0.25) is 5.95 Å². The van der Waals surface area contributed by atoms with Gasteiger partial charge in [-0.25, -0.2) is 9.97 Å². The van der Waals surface area contributed by atoms with Gasteiger partial charge in [0, 0.05) is 36.6 Å². The Morgan fingerprint density at radius 2 is 2.05 bits per heavy atom. The molecule has 0 aliphatic rings. The summed E-state index contributed by atoms with van der Waals surface area (Å²) < 4.78 is 36.5. The van der Waals surface area contributed by atoms with Gasteiger partial charge in [-0.3, -0.25) is 4.79 Å². The molecule has 9 heteroatoms. The molecule has 0 aliphatic heterocycles. The third-order valence-electron chi connectivity index (χ3n) is 2.71. The summed E-state index contributed by atoms with van der Waals surface area (Å²) in [6.45, 7) is 0.193. The predicted octanol–water partition coefficient (Wildman–Crippen LogP) is 2.69. The van der Waals surface area contributed by atoms with Crippen molar-refractivity contribution in [2.75, 3.05) is 5.32 Å². The third kappa shape index (κ3) is 5.72. The number of halogens is 4. The molecule has 0 fully saturated rings. The average Bonchev–Trinajstić information content (AvgIpc) is 2.44. The van der Waals surface area contributed by atoms with Crippen LogP contribution in [0.1, 0.15) is 17.7 Å². The molecule has 0 aromatic carbocycles. The second-order valence-corrected chi connectivity index (χ2v) is 4.36. The standard InChI is InChI=1S/C13H13F3N4O.ClH/c14-13(15,16)5-3-10-4-7-18-12(20-10)19-8-9-2-1-6-17-11(9)21;/h1-2,4,6-7H,3,5,8H2,(H,17,21)(H,18,19,20);1H. The summed E-state index contributed by atoms with van der Waals surface area (Å²) in [5.41, 5.74) is 0.548. The minimum absolute atomic E-state index is 0. The quantitative estimate of drug-likeness (QED) is 0.882. The zero-order valence-corrected chi connectivity index (χ0v) is 12.2. The lowest BCUT2D eigenvalue weighted by molar-refractivity contribution is -0.134. The first-order valence-electron chi connectivity index (χ1n) is 6.23. The minimum atomic E-state index is -4.21. The van der Waals surface area contributed by atoms with E-state index in [1.165, 1.54) is 18.5 Å². The first kappa shape index (κ1) is 18.0. The molecule has 5 nitrogen and oxygen atoms in total. The Morgan fingerprint density at radius 1 is 1.27 bits per heavy atom. The van der Waals surface area contributed by atoms with Gasteiger partial charge in [0.15, 0.2) is 0 Å². The van der Waals surface area contributed by atoms with Crippen molar-refractivity contribution in [2.45, 2.75) is 25.6 Å². The highest BCUT2D eigenvalue weighted by atomic mass is 35.5. The lowest BCUT2D eigenvalue weighted by Crippen LogP contribution is -2.16. The fourth-order valence-electron chi connectivity index (χ4n) is 1.66. The second kappa shape index (κ2) is 7.79. The lowest BCUT2D eigenvalue weighted by Gasteiger charge is -2.07. The number of alkyl halides is 3. The van der Waals surface area contributed by atoms with Crippen LogP contribution in [0.4, 0.5) is 19.1 Å². The fraction of sp³-hybridized carbons (Fsp3) is 0.308. The molecule has 120 valence electrons. The number of pyridine rings is 1. The number of aromatic nitrogens is 3. The van der Waals surface area contributed by atoms with E-state index in [1.54, 1.807) is 12.1 Å². The van der Waals surface area contributed by atoms with Gasteiger partial charge in [-0.15, -0.1) is 12.4 Å². The van der Waals surface area contributed by atoms with E-state index in [-0.39, 0.29) is 36.9 Å². The molecule has 0 amide bonds. The molecule has 2 aromatic heterocycles. The molecule has 0 bridgehead atoms. The topological polar surface area (TPSA) is 70.7 Å². The molecule has 2 heterocycles. The van der Waals surface area contributed by atoms with Crippen molar-refractivity contribution in [1.29, 1.82) is 0 Å². The molecule has 0 unspecified atom stereocenters. The number of aromatic amines is 1. The van der Waals surface area contributed by atoms with Gasteiger partial charge in [-0.05, 0) is 18.6 Å². The zero-order chi connectivity index (χ0) is 15.3. The summed E-state index contributed by atoms with van der Waals surface area (Å²) in [5.74, 6) is 0.193. The van der Waals surface area contributed by atoms with Crippen LogP contribution >= 0.6 is 12.4 Å². The highest BCUT2D eigenvalue weighted by molar-refractivity contribution is 5.85. The Morgan fingerprint density at radius 3 is 2.73 bits per heavy atom. The molecular formula is C13H14ClF3N4O. The van der Waals surface area contributed by atoms with Gasteiger partial charge in [-0.1, -0.05) is 6.07 Å². The summed E-state index contributed by atoms with van der Waals surface area (Å²) in [4.78, 5) is 21.9. The molecule has 0 aliphatic carbocycles. The van der Waals surface area contributed by atoms with Crippen LogP contribution in [0.3, 0.4) is 0 Å². The van der Waals surface area contributed by atoms with Crippen molar-refractivity contribution in [3.8, 4) is 0 Å². The van der Waals surface area contributed by atoms with Crippen LogP contribution in [-0.4, -0.2) is 21.1 Å². The molecule has 0 atom stereocenters. The van der Waals surface area contributed by atoms with Crippen LogP contribution in [0.15, 0.2) is 35.4 Å². The number of hydrogen-bond donors (Lipinski definition) is 2. The van der Waals surface area contributed by atoms with Crippen LogP contribution in [-0.2, 0) is 13.0 Å². The van der Waals surface area contributed by atoms with Gasteiger partial charge in [0.05, 0.1) is 0 Å². The fourth-order valence-corrected chi connectivity index (χ4v) is 1.66. The number of aryl methyl sites for hydroxylation is 1. The Balaban J connectivity index is 0.00000242. The Hall–Kier alpha value is -2.09. The summed E-state index contributed by atoms with van der Waals surface area (Å²) >= 11 is 0. The van der Waals surface area contributed by atoms with Crippen LogP contribution in [0.2, 0.25) is 0 Å². The van der Waals surface area contributed by atoms with Crippen LogP contribution < -0.4 is 10.9 Å². The second-order valence-electron chi connectivity index (χ2n) is 4.36. The van der Waals surface area contributed by atoms with Crippen molar-refractivity contribution < 1.29 is 13.2 Å². The average molecular weight is 335 g/mol. The van der Waals surface area contributed by atoms with E-state index in [2.05, 4.69) is 20.3 Å². The van der Waals surface area contributed by atoms with Crippen LogP contribution in [0, 0.1) is 0 Å². The maximum Gasteiger partial charge on any atom is 0.389 e. The minimum Gasteiger partial charge on any atom is -0.350 e. The molecular weight excluding hydrogens is 321 g/mol. The highest BCUT2D eigenvalue weighted by Crippen LogP contribution is 2.21. The van der Waals surface area contributed by atoms with E-state index in [4.69, 9.17) is 0 Å². The van der Waals surface area contributed by atoms with Crippen molar-refractivity contribution in [3.05, 3.63) is 52.2 Å². The first-order valence-corrected chi connectivity index (χ1v) is 6.23. The number of nitrogens with zero attached hydrogens (tertiary/aromatic N) is 2. The molecule has 2 rings (SSSR count). The summed E-state index contributed by atoms with van der Waals surface area (Å²) in [6.07, 6.45) is -2.44. The van der Waals surface area contributed by atoms with E-state index in [0.29, 0.717) is 11.3 Å². The van der Waals surface area contributed by atoms with E-state index >= 15 is 0 Å². The van der Waals surface area contributed by atoms with E-state index in [1.807, 2.05) is 0 Å². The third-order valence-corrected chi connectivity index (χ3v) is 2.71. The van der Waals surface area contributed by atoms with Gasteiger partial charge in [-0.2, -0.15) is 13.2 Å². The predicted molar refractivity (Wildman–Crippen MR) is 78.0 cm³/mol. The molecule has 2 aromatic rings. The zero-order valence-electron chi connectivity index (χ0n) is 11.4. The van der Waals surface area contributed by atoms with Crippen molar-refractivity contribution in [3.63, 3.8) is 0 Å². The lowest BCUT2D eigenvalue weighted by atomic mass is 10.2. The normalized spacial score (nSPS) is 10.9. The monoisotopic (exact) mass is 334 g/mol. The highest BCUT2D eigenvalue weighted by Gasteiger charge is 2.26. The molecule has 0 radical (unpaired) electrons. The molecule has 0 saturated heterocycles. The number of hydrogen-bond acceptors (Lipinski definition) is 4. The van der Waals surface area contributed by atoms with E-state index < -0.39 is 12.6 Å². The number of rotatable bonds is 5. The Bertz CT molecular complexity index is 660. The molecule has 0 saturated carbocycles. The molecule has 2 N–H and O–H groups in total. The summed E-state index contributed by atoms with van der Waals surface area (Å²) in [5, 5.41) is 2.82. The molecule has 0 spiro atoms. The van der Waals surface area contributed by atoms with Crippen LogP contribution in [0.5, 0.6) is 0 Å². The largest absolute Gasteiger partial charge is 0.389 e. The summed E-state index contributed by atoms with van der Waals surface area (Å²) in [6, 6.07) is 4.75. The van der Waals surface area contributed by atoms with Crippen LogP contribution in [0.25, 0.3) is 0 Å². The van der Waals surface area contributed by atoms with Crippen molar-refractivity contribution >= 4 is 18.4 Å². The first-order chi connectivity index (χ1) is 9.94. The van der Waals surface area contributed by atoms with Gasteiger partial charge in [0.1, 0.15) is 0 Å². The number of anilines is 1. The maximum atomic E-state index is 12.2. The van der Waals surface area contributed by atoms with Crippen molar-refractivity contribution in [1.82, 2.24) is 15.0 Å². The van der Waals surface area contributed by atoms with Gasteiger partial charge >= 0.3 is 6.18 Å². The molecule has 22 heavy (non-hydrogen) atoms. The number of nitrogens with one attached hydrogen (secondary N) is 2. The smallest absolute Gasteiger partial charge is 0.350 e. The van der Waals surface area contributed by atoms with Gasteiger partial charge < -0.3 is 10.3 Å². The Labute approximate surface area is 130 Å². The van der Waals surface area contributed by atoms with Crippen molar-refractivity contribution in [2.24, 2.45) is 0 Å². The number of H-pyrrole nitrogens is 1. The maximum absolute atomic E-state index is 12.2. The summed E-state index contributed by atoms with van der Waals surface area (Å²) in [7, 11) is 0. The van der Waals surface area contributed by atoms with Gasteiger partial charge in [0.25, 0.3) is 5.56 Å².